The van der Waals surface area contributed by atoms with Crippen LogP contribution in [0.3, 0.4) is 0 Å². The lowest BCUT2D eigenvalue weighted by Crippen LogP contribution is -2.42. The standard InChI is InChI=1S/C19H23N7/c1-14(9-20)25-7-4-5-15(13-25)23-19-12-21-11-17(24-19)16-10-22-26-8-3-2-6-18(16)26/h2-3,6,8,10-12,15H,1,4-5,7,9,13,20H2,(H,23,24)/t15-/m1/s1. The molecule has 4 rings (SSSR count). The molecule has 1 aliphatic heterocycles. The van der Waals surface area contributed by atoms with Gasteiger partial charge in [-0.25, -0.2) is 9.50 Å². The van der Waals surface area contributed by atoms with Gasteiger partial charge in [0.2, 0.25) is 0 Å². The molecule has 1 atom stereocenters. The first-order valence-electron chi connectivity index (χ1n) is 8.88. The fourth-order valence-corrected chi connectivity index (χ4v) is 3.42. The third-order valence-corrected chi connectivity index (χ3v) is 4.79. The van der Waals surface area contributed by atoms with E-state index in [-0.39, 0.29) is 0 Å². The van der Waals surface area contributed by atoms with Gasteiger partial charge >= 0.3 is 0 Å². The van der Waals surface area contributed by atoms with Gasteiger partial charge in [-0.15, -0.1) is 0 Å². The maximum absolute atomic E-state index is 5.73. The molecule has 1 fully saturated rings. The van der Waals surface area contributed by atoms with Crippen molar-refractivity contribution in [3.05, 3.63) is 55.3 Å². The first-order chi connectivity index (χ1) is 12.7. The largest absolute Gasteiger partial charge is 0.372 e. The van der Waals surface area contributed by atoms with Crippen LogP contribution in [0.1, 0.15) is 12.8 Å². The van der Waals surface area contributed by atoms with Crippen molar-refractivity contribution in [2.24, 2.45) is 5.73 Å². The van der Waals surface area contributed by atoms with Gasteiger partial charge in [0.25, 0.3) is 0 Å². The third-order valence-electron chi connectivity index (χ3n) is 4.79. The molecule has 0 aliphatic carbocycles. The predicted octanol–water partition coefficient (Wildman–Crippen LogP) is 2.14. The van der Waals surface area contributed by atoms with Gasteiger partial charge in [0.05, 0.1) is 29.8 Å². The summed E-state index contributed by atoms with van der Waals surface area (Å²) in [6.07, 6.45) is 9.51. The summed E-state index contributed by atoms with van der Waals surface area (Å²) in [5, 5.41) is 7.90. The normalized spacial score (nSPS) is 17.4. The summed E-state index contributed by atoms with van der Waals surface area (Å²) in [5.74, 6) is 0.781. The number of pyridine rings is 1. The van der Waals surface area contributed by atoms with E-state index in [1.165, 1.54) is 0 Å². The molecule has 3 N–H and O–H groups in total. The molecule has 1 aliphatic rings. The number of anilines is 1. The fraction of sp³-hybridized carbons (Fsp3) is 0.316. The van der Waals surface area contributed by atoms with Crippen molar-refractivity contribution >= 4 is 11.3 Å². The molecule has 4 heterocycles. The fourth-order valence-electron chi connectivity index (χ4n) is 3.42. The molecule has 0 amide bonds. The second kappa shape index (κ2) is 7.13. The summed E-state index contributed by atoms with van der Waals surface area (Å²) in [5.41, 5.74) is 9.52. The maximum Gasteiger partial charge on any atom is 0.145 e. The topological polar surface area (TPSA) is 84.4 Å². The van der Waals surface area contributed by atoms with Crippen LogP contribution in [-0.4, -0.2) is 50.2 Å². The quantitative estimate of drug-likeness (QED) is 0.734. The number of fused-ring (bicyclic) bond motifs is 1. The van der Waals surface area contributed by atoms with Gasteiger partial charge in [0.1, 0.15) is 5.82 Å². The Morgan fingerprint density at radius 1 is 1.31 bits per heavy atom. The van der Waals surface area contributed by atoms with Crippen LogP contribution in [0.2, 0.25) is 0 Å². The molecule has 7 nitrogen and oxygen atoms in total. The van der Waals surface area contributed by atoms with Crippen molar-refractivity contribution in [3.8, 4) is 11.3 Å². The van der Waals surface area contributed by atoms with Crippen molar-refractivity contribution in [1.29, 1.82) is 0 Å². The summed E-state index contributed by atoms with van der Waals surface area (Å²) in [4.78, 5) is 11.4. The molecule has 3 aromatic heterocycles. The highest BCUT2D eigenvalue weighted by Gasteiger charge is 2.21. The monoisotopic (exact) mass is 349 g/mol. The van der Waals surface area contributed by atoms with Crippen LogP contribution in [0.5, 0.6) is 0 Å². The minimum absolute atomic E-state index is 0.306. The van der Waals surface area contributed by atoms with Gasteiger partial charge in [-0.2, -0.15) is 5.10 Å². The average Bonchev–Trinajstić information content (AvgIpc) is 3.12. The van der Waals surface area contributed by atoms with Crippen LogP contribution in [-0.2, 0) is 0 Å². The van der Waals surface area contributed by atoms with E-state index in [1.54, 1.807) is 12.4 Å². The Balaban J connectivity index is 1.54. The molecule has 3 aromatic rings. The second-order valence-electron chi connectivity index (χ2n) is 6.58. The minimum atomic E-state index is 0.306. The summed E-state index contributed by atoms with van der Waals surface area (Å²) in [6, 6.07) is 6.29. The molecule has 0 radical (unpaired) electrons. The molecule has 0 aromatic carbocycles. The summed E-state index contributed by atoms with van der Waals surface area (Å²) >= 11 is 0. The van der Waals surface area contributed by atoms with Crippen LogP contribution in [0, 0.1) is 0 Å². The van der Waals surface area contributed by atoms with Crippen molar-refractivity contribution in [3.63, 3.8) is 0 Å². The maximum atomic E-state index is 5.73. The summed E-state index contributed by atoms with van der Waals surface area (Å²) in [6.45, 7) is 6.45. The Bertz CT molecular complexity index is 917. The molecule has 7 heteroatoms. The number of nitrogens with zero attached hydrogens (tertiary/aromatic N) is 5. The van der Waals surface area contributed by atoms with Gasteiger partial charge in [0, 0.05) is 43.1 Å². The van der Waals surface area contributed by atoms with Crippen LogP contribution in [0.4, 0.5) is 5.82 Å². The number of nitrogens with one attached hydrogen (secondary N) is 1. The number of rotatable bonds is 5. The van der Waals surface area contributed by atoms with E-state index in [0.717, 1.165) is 54.2 Å². The van der Waals surface area contributed by atoms with E-state index in [4.69, 9.17) is 10.7 Å². The zero-order valence-electron chi connectivity index (χ0n) is 14.7. The number of likely N-dealkylation sites (tertiary alicyclic amines) is 1. The van der Waals surface area contributed by atoms with E-state index >= 15 is 0 Å². The molecule has 26 heavy (non-hydrogen) atoms. The number of hydrogen-bond donors (Lipinski definition) is 2. The van der Waals surface area contributed by atoms with Crippen LogP contribution >= 0.6 is 0 Å². The van der Waals surface area contributed by atoms with Crippen molar-refractivity contribution < 1.29 is 0 Å². The highest BCUT2D eigenvalue weighted by atomic mass is 15.2. The Kier molecular flexibility index (Phi) is 4.53. The molecule has 0 bridgehead atoms. The first kappa shape index (κ1) is 16.5. The van der Waals surface area contributed by atoms with Gasteiger partial charge in [0.15, 0.2) is 0 Å². The lowest BCUT2D eigenvalue weighted by molar-refractivity contribution is 0.267. The van der Waals surface area contributed by atoms with Crippen LogP contribution < -0.4 is 11.1 Å². The number of nitrogens with two attached hydrogens (primary N) is 1. The first-order valence-corrected chi connectivity index (χ1v) is 8.88. The van der Waals surface area contributed by atoms with E-state index in [0.29, 0.717) is 12.6 Å². The van der Waals surface area contributed by atoms with E-state index in [2.05, 4.69) is 26.9 Å². The van der Waals surface area contributed by atoms with Crippen molar-refractivity contribution in [1.82, 2.24) is 24.5 Å². The van der Waals surface area contributed by atoms with E-state index in [1.807, 2.05) is 35.1 Å². The third kappa shape index (κ3) is 3.25. The Hall–Kier alpha value is -2.93. The van der Waals surface area contributed by atoms with Gasteiger partial charge in [-0.1, -0.05) is 12.6 Å². The van der Waals surface area contributed by atoms with E-state index in [9.17, 15) is 0 Å². The zero-order valence-corrected chi connectivity index (χ0v) is 14.7. The molecule has 0 unspecified atom stereocenters. The van der Waals surface area contributed by atoms with Gasteiger partial charge in [-0.3, -0.25) is 4.98 Å². The highest BCUT2D eigenvalue weighted by Crippen LogP contribution is 2.24. The highest BCUT2D eigenvalue weighted by molar-refractivity contribution is 5.77. The van der Waals surface area contributed by atoms with Crippen LogP contribution in [0.15, 0.2) is 55.3 Å². The molecular formula is C19H23N7. The van der Waals surface area contributed by atoms with Gasteiger partial charge < -0.3 is 16.0 Å². The van der Waals surface area contributed by atoms with Crippen LogP contribution in [0.25, 0.3) is 16.8 Å². The molecule has 0 spiro atoms. The SMILES string of the molecule is C=C(CN)N1CCC[C@@H](Nc2cncc(-c3cnn4ccccc34)n2)C1. The summed E-state index contributed by atoms with van der Waals surface area (Å²) in [7, 11) is 0. The lowest BCUT2D eigenvalue weighted by atomic mass is 10.1. The molecule has 0 saturated carbocycles. The number of aromatic nitrogens is 4. The summed E-state index contributed by atoms with van der Waals surface area (Å²) < 4.78 is 1.84. The number of hydrogen-bond acceptors (Lipinski definition) is 6. The van der Waals surface area contributed by atoms with Crippen molar-refractivity contribution in [2.75, 3.05) is 25.0 Å². The van der Waals surface area contributed by atoms with Crippen molar-refractivity contribution in [2.45, 2.75) is 18.9 Å². The zero-order chi connectivity index (χ0) is 17.9. The predicted molar refractivity (Wildman–Crippen MR) is 103 cm³/mol. The Morgan fingerprint density at radius 2 is 2.23 bits per heavy atom. The molecule has 1 saturated heterocycles. The Labute approximate surface area is 152 Å². The van der Waals surface area contributed by atoms with Gasteiger partial charge in [-0.05, 0) is 25.0 Å². The molecule has 134 valence electrons. The smallest absolute Gasteiger partial charge is 0.145 e. The lowest BCUT2D eigenvalue weighted by Gasteiger charge is -2.35. The van der Waals surface area contributed by atoms with E-state index < -0.39 is 0 Å². The Morgan fingerprint density at radius 3 is 3.12 bits per heavy atom. The minimum Gasteiger partial charge on any atom is -0.372 e. The molecular weight excluding hydrogens is 326 g/mol. The second-order valence-corrected chi connectivity index (χ2v) is 6.58. The number of piperidine rings is 1. The average molecular weight is 349 g/mol.